The van der Waals surface area contributed by atoms with Crippen molar-refractivity contribution in [1.82, 2.24) is 4.90 Å². The van der Waals surface area contributed by atoms with E-state index < -0.39 is 5.60 Å². The fourth-order valence-electron chi connectivity index (χ4n) is 3.04. The summed E-state index contributed by atoms with van der Waals surface area (Å²) >= 11 is 0. The van der Waals surface area contributed by atoms with E-state index in [2.05, 4.69) is 29.2 Å². The van der Waals surface area contributed by atoms with E-state index in [1.54, 1.807) is 0 Å². The molecule has 0 aromatic heterocycles. The van der Waals surface area contributed by atoms with E-state index in [-0.39, 0.29) is 11.6 Å². The van der Waals surface area contributed by atoms with Crippen molar-refractivity contribution in [2.45, 2.75) is 44.8 Å². The summed E-state index contributed by atoms with van der Waals surface area (Å²) in [6.45, 7) is 8.12. The van der Waals surface area contributed by atoms with Crippen LogP contribution < -0.4 is 4.90 Å². The summed E-state index contributed by atoms with van der Waals surface area (Å²) in [6.07, 6.45) is 2.13. The molecule has 0 unspecified atom stereocenters. The van der Waals surface area contributed by atoms with Gasteiger partial charge in [-0.05, 0) is 45.7 Å². The van der Waals surface area contributed by atoms with Crippen LogP contribution >= 0.6 is 0 Å². The average molecular weight is 288 g/mol. The van der Waals surface area contributed by atoms with Crippen molar-refractivity contribution in [2.75, 3.05) is 24.5 Å². The minimum atomic E-state index is -0.426. The number of benzene rings is 1. The van der Waals surface area contributed by atoms with Crippen molar-refractivity contribution in [3.05, 3.63) is 30.3 Å². The molecule has 1 saturated carbocycles. The molecule has 1 spiro atoms. The van der Waals surface area contributed by atoms with E-state index in [0.717, 1.165) is 32.5 Å². The van der Waals surface area contributed by atoms with Gasteiger partial charge in [-0.25, -0.2) is 4.79 Å². The van der Waals surface area contributed by atoms with Crippen LogP contribution in [0, 0.1) is 0 Å². The highest BCUT2D eigenvalue weighted by Gasteiger charge is 2.52. The summed E-state index contributed by atoms with van der Waals surface area (Å²) in [6, 6.07) is 10.5. The number of hydrogen-bond acceptors (Lipinski definition) is 3. The molecule has 1 aromatic carbocycles. The molecule has 2 aliphatic rings. The van der Waals surface area contributed by atoms with Gasteiger partial charge >= 0.3 is 6.09 Å². The SMILES string of the molecule is CC(C)(C)OC(=O)N1CCN(c2ccccc2)C2(CC2)C1. The Bertz CT molecular complexity index is 517. The smallest absolute Gasteiger partial charge is 0.410 e. The third kappa shape index (κ3) is 2.99. The molecule has 1 saturated heterocycles. The molecule has 1 aromatic rings. The summed E-state index contributed by atoms with van der Waals surface area (Å²) < 4.78 is 5.51. The van der Waals surface area contributed by atoms with Crippen LogP contribution in [0.25, 0.3) is 0 Å². The lowest BCUT2D eigenvalue weighted by molar-refractivity contribution is 0.0205. The Labute approximate surface area is 126 Å². The fourth-order valence-corrected chi connectivity index (χ4v) is 3.04. The number of carbonyl (C=O) groups excluding carboxylic acids is 1. The maximum absolute atomic E-state index is 12.3. The second kappa shape index (κ2) is 4.93. The van der Waals surface area contributed by atoms with Crippen molar-refractivity contribution in [2.24, 2.45) is 0 Å². The van der Waals surface area contributed by atoms with Gasteiger partial charge in [0.2, 0.25) is 0 Å². The van der Waals surface area contributed by atoms with Gasteiger partial charge in [0.25, 0.3) is 0 Å². The van der Waals surface area contributed by atoms with Crippen LogP contribution in [0.5, 0.6) is 0 Å². The first-order chi connectivity index (χ1) is 9.90. The maximum atomic E-state index is 12.3. The topological polar surface area (TPSA) is 32.8 Å². The molecule has 21 heavy (non-hydrogen) atoms. The third-order valence-corrected chi connectivity index (χ3v) is 4.20. The van der Waals surface area contributed by atoms with Gasteiger partial charge in [-0.2, -0.15) is 0 Å². The van der Waals surface area contributed by atoms with Crippen LogP contribution in [-0.4, -0.2) is 41.8 Å². The number of anilines is 1. The number of carbonyl (C=O) groups is 1. The lowest BCUT2D eigenvalue weighted by Crippen LogP contribution is -2.57. The predicted molar refractivity (Wildman–Crippen MR) is 83.6 cm³/mol. The number of amides is 1. The lowest BCUT2D eigenvalue weighted by Gasteiger charge is -2.43. The van der Waals surface area contributed by atoms with Crippen LogP contribution in [0.2, 0.25) is 0 Å². The first-order valence-corrected chi connectivity index (χ1v) is 7.70. The zero-order valence-corrected chi connectivity index (χ0v) is 13.1. The van der Waals surface area contributed by atoms with Crippen molar-refractivity contribution in [1.29, 1.82) is 0 Å². The zero-order chi connectivity index (χ0) is 15.1. The Hall–Kier alpha value is -1.71. The quantitative estimate of drug-likeness (QED) is 0.795. The molecule has 1 aliphatic carbocycles. The summed E-state index contributed by atoms with van der Waals surface area (Å²) in [5, 5.41) is 0. The van der Waals surface area contributed by atoms with Gasteiger partial charge in [0, 0.05) is 25.3 Å². The molecular weight excluding hydrogens is 264 g/mol. The largest absolute Gasteiger partial charge is 0.444 e. The highest BCUT2D eigenvalue weighted by molar-refractivity contribution is 5.69. The molecule has 3 rings (SSSR count). The average Bonchev–Trinajstić information content (AvgIpc) is 3.17. The van der Waals surface area contributed by atoms with E-state index in [4.69, 9.17) is 4.74 Å². The molecule has 0 radical (unpaired) electrons. The summed E-state index contributed by atoms with van der Waals surface area (Å²) in [4.78, 5) is 16.6. The molecule has 1 heterocycles. The second-order valence-corrected chi connectivity index (χ2v) is 7.11. The standard InChI is InChI=1S/C17H24N2O2/c1-16(2,3)21-15(20)18-11-12-19(17(13-18)9-10-17)14-7-5-4-6-8-14/h4-8H,9-13H2,1-3H3. The van der Waals surface area contributed by atoms with Gasteiger partial charge < -0.3 is 14.5 Å². The number of para-hydroxylation sites is 1. The molecule has 1 aliphatic heterocycles. The Balaban J connectivity index is 1.70. The minimum absolute atomic E-state index is 0.135. The fraction of sp³-hybridized carbons (Fsp3) is 0.588. The van der Waals surface area contributed by atoms with Crippen molar-refractivity contribution < 1.29 is 9.53 Å². The predicted octanol–water partition coefficient (Wildman–Crippen LogP) is 3.28. The first-order valence-electron chi connectivity index (χ1n) is 7.70. The van der Waals surface area contributed by atoms with Crippen LogP contribution in [0.4, 0.5) is 10.5 Å². The Morgan fingerprint density at radius 1 is 1.14 bits per heavy atom. The van der Waals surface area contributed by atoms with Crippen LogP contribution in [0.3, 0.4) is 0 Å². The van der Waals surface area contributed by atoms with Crippen molar-refractivity contribution >= 4 is 11.8 Å². The van der Waals surface area contributed by atoms with E-state index in [1.807, 2.05) is 31.7 Å². The second-order valence-electron chi connectivity index (χ2n) is 7.11. The van der Waals surface area contributed by atoms with Crippen LogP contribution in [-0.2, 0) is 4.74 Å². The molecule has 0 N–H and O–H groups in total. The molecule has 1 amide bonds. The highest BCUT2D eigenvalue weighted by Crippen LogP contribution is 2.46. The van der Waals surface area contributed by atoms with Gasteiger partial charge in [0.05, 0.1) is 5.54 Å². The number of piperazine rings is 1. The summed E-state index contributed by atoms with van der Waals surface area (Å²) in [5.74, 6) is 0. The lowest BCUT2D eigenvalue weighted by atomic mass is 10.1. The molecule has 4 heteroatoms. The van der Waals surface area contributed by atoms with E-state index in [1.165, 1.54) is 5.69 Å². The zero-order valence-electron chi connectivity index (χ0n) is 13.1. The molecular formula is C17H24N2O2. The number of ether oxygens (including phenoxy) is 1. The van der Waals surface area contributed by atoms with Crippen molar-refractivity contribution in [3.63, 3.8) is 0 Å². The Morgan fingerprint density at radius 2 is 1.81 bits per heavy atom. The van der Waals surface area contributed by atoms with Gasteiger partial charge in [0.15, 0.2) is 0 Å². The van der Waals surface area contributed by atoms with E-state index >= 15 is 0 Å². The van der Waals surface area contributed by atoms with E-state index in [9.17, 15) is 4.79 Å². The van der Waals surface area contributed by atoms with Gasteiger partial charge in [-0.15, -0.1) is 0 Å². The van der Waals surface area contributed by atoms with Crippen LogP contribution in [0.15, 0.2) is 30.3 Å². The van der Waals surface area contributed by atoms with E-state index in [0.29, 0.717) is 0 Å². The van der Waals surface area contributed by atoms with Gasteiger partial charge in [-0.3, -0.25) is 0 Å². The Kier molecular flexibility index (Phi) is 3.34. The van der Waals surface area contributed by atoms with Gasteiger partial charge in [-0.1, -0.05) is 18.2 Å². The highest BCUT2D eigenvalue weighted by atomic mass is 16.6. The number of hydrogen-bond donors (Lipinski definition) is 0. The molecule has 4 nitrogen and oxygen atoms in total. The normalized spacial score (nSPS) is 20.5. The van der Waals surface area contributed by atoms with Crippen LogP contribution in [0.1, 0.15) is 33.6 Å². The molecule has 0 atom stereocenters. The number of nitrogens with zero attached hydrogens (tertiary/aromatic N) is 2. The first kappa shape index (κ1) is 14.2. The number of rotatable bonds is 1. The monoisotopic (exact) mass is 288 g/mol. The summed E-state index contributed by atoms with van der Waals surface area (Å²) in [7, 11) is 0. The molecule has 114 valence electrons. The third-order valence-electron chi connectivity index (χ3n) is 4.20. The van der Waals surface area contributed by atoms with Gasteiger partial charge in [0.1, 0.15) is 5.60 Å². The maximum Gasteiger partial charge on any atom is 0.410 e. The minimum Gasteiger partial charge on any atom is -0.444 e. The van der Waals surface area contributed by atoms with Crippen molar-refractivity contribution in [3.8, 4) is 0 Å². The molecule has 0 bridgehead atoms. The summed E-state index contributed by atoms with van der Waals surface area (Å²) in [5.41, 5.74) is 0.972. The molecule has 2 fully saturated rings. The Morgan fingerprint density at radius 3 is 2.38 bits per heavy atom.